The van der Waals surface area contributed by atoms with Gasteiger partial charge in [0.05, 0.1) is 12.7 Å². The van der Waals surface area contributed by atoms with Gasteiger partial charge in [0.1, 0.15) is 6.67 Å². The number of esters is 1. The van der Waals surface area contributed by atoms with Gasteiger partial charge in [-0.15, -0.1) is 15.0 Å². The van der Waals surface area contributed by atoms with Crippen LogP contribution in [-0.2, 0) is 18.0 Å². The molecule has 0 radical (unpaired) electrons. The van der Waals surface area contributed by atoms with Crippen molar-refractivity contribution < 1.29 is 9.53 Å². The zero-order valence-corrected chi connectivity index (χ0v) is 15.2. The summed E-state index contributed by atoms with van der Waals surface area (Å²) in [4.78, 5) is 15.0. The van der Waals surface area contributed by atoms with Crippen LogP contribution < -0.4 is 0 Å². The molecule has 0 amide bonds. The predicted octanol–water partition coefficient (Wildman–Crippen LogP) is 2.87. The Morgan fingerprint density at radius 2 is 1.85 bits per heavy atom. The Kier molecular flexibility index (Phi) is 5.60. The molecule has 0 atom stereocenters. The standard InChI is InChI=1S/C18H18ClN5O2/c1-23(11-13-3-5-15(6-4-13)18(25)26-2)12-24-21-17(20-22-24)14-7-9-16(19)10-8-14/h3-10H,11-12H2,1-2H3. The lowest BCUT2D eigenvalue weighted by atomic mass is 10.1. The van der Waals surface area contributed by atoms with Crippen LogP contribution in [0.1, 0.15) is 15.9 Å². The van der Waals surface area contributed by atoms with Crippen molar-refractivity contribution in [1.29, 1.82) is 0 Å². The molecule has 0 N–H and O–H groups in total. The van der Waals surface area contributed by atoms with Crippen LogP contribution >= 0.6 is 11.6 Å². The maximum absolute atomic E-state index is 11.5. The Hall–Kier alpha value is -2.77. The maximum atomic E-state index is 11.5. The van der Waals surface area contributed by atoms with E-state index in [-0.39, 0.29) is 5.97 Å². The lowest BCUT2D eigenvalue weighted by molar-refractivity contribution is 0.0600. The molecule has 0 saturated carbocycles. The molecule has 0 bridgehead atoms. The normalized spacial score (nSPS) is 10.9. The SMILES string of the molecule is COC(=O)c1ccc(CN(C)Cn2nnc(-c3ccc(Cl)cc3)n2)cc1. The first-order valence-corrected chi connectivity index (χ1v) is 8.32. The van der Waals surface area contributed by atoms with Crippen molar-refractivity contribution in [2.24, 2.45) is 0 Å². The fourth-order valence-corrected chi connectivity index (χ4v) is 2.59. The van der Waals surface area contributed by atoms with Crippen LogP contribution in [0.3, 0.4) is 0 Å². The Morgan fingerprint density at radius 1 is 1.15 bits per heavy atom. The number of hydrogen-bond donors (Lipinski definition) is 0. The van der Waals surface area contributed by atoms with Crippen LogP contribution in [-0.4, -0.2) is 45.2 Å². The summed E-state index contributed by atoms with van der Waals surface area (Å²) in [5.74, 6) is 0.212. The molecule has 1 heterocycles. The van der Waals surface area contributed by atoms with Crippen LogP contribution in [0.2, 0.25) is 5.02 Å². The van der Waals surface area contributed by atoms with Gasteiger partial charge in [0.25, 0.3) is 0 Å². The van der Waals surface area contributed by atoms with E-state index in [0.29, 0.717) is 29.6 Å². The van der Waals surface area contributed by atoms with Gasteiger partial charge < -0.3 is 4.74 Å². The fourth-order valence-electron chi connectivity index (χ4n) is 2.46. The fraction of sp³-hybridized carbons (Fsp3) is 0.222. The summed E-state index contributed by atoms with van der Waals surface area (Å²) in [5, 5.41) is 13.2. The van der Waals surface area contributed by atoms with Gasteiger partial charge in [-0.3, -0.25) is 4.90 Å². The average Bonchev–Trinajstić information content (AvgIpc) is 3.10. The minimum atomic E-state index is -0.341. The summed E-state index contributed by atoms with van der Waals surface area (Å²) in [5.41, 5.74) is 2.46. The van der Waals surface area contributed by atoms with E-state index in [0.717, 1.165) is 11.1 Å². The van der Waals surface area contributed by atoms with Crippen LogP contribution in [0.4, 0.5) is 0 Å². The second-order valence-electron chi connectivity index (χ2n) is 5.84. The van der Waals surface area contributed by atoms with Gasteiger partial charge in [-0.1, -0.05) is 23.7 Å². The van der Waals surface area contributed by atoms with Crippen LogP contribution in [0, 0.1) is 0 Å². The molecule has 134 valence electrons. The minimum absolute atomic E-state index is 0.341. The van der Waals surface area contributed by atoms with Gasteiger partial charge in [0, 0.05) is 17.1 Å². The zero-order valence-electron chi connectivity index (χ0n) is 14.5. The van der Waals surface area contributed by atoms with Gasteiger partial charge in [0.15, 0.2) is 0 Å². The third-order valence-electron chi connectivity index (χ3n) is 3.75. The van der Waals surface area contributed by atoms with E-state index in [1.165, 1.54) is 11.9 Å². The molecule has 8 heteroatoms. The zero-order chi connectivity index (χ0) is 18.5. The molecule has 2 aromatic carbocycles. The van der Waals surface area contributed by atoms with Crippen molar-refractivity contribution in [3.63, 3.8) is 0 Å². The van der Waals surface area contributed by atoms with Crippen LogP contribution in [0.15, 0.2) is 48.5 Å². The Labute approximate surface area is 156 Å². The Morgan fingerprint density at radius 3 is 2.50 bits per heavy atom. The number of hydrogen-bond acceptors (Lipinski definition) is 6. The number of carbonyl (C=O) groups is 1. The van der Waals surface area contributed by atoms with E-state index < -0.39 is 0 Å². The molecule has 0 fully saturated rings. The van der Waals surface area contributed by atoms with Gasteiger partial charge in [-0.25, -0.2) is 4.79 Å². The van der Waals surface area contributed by atoms with Crippen molar-refractivity contribution >= 4 is 17.6 Å². The smallest absolute Gasteiger partial charge is 0.337 e. The van der Waals surface area contributed by atoms with Crippen LogP contribution in [0.5, 0.6) is 0 Å². The summed E-state index contributed by atoms with van der Waals surface area (Å²) in [6.07, 6.45) is 0. The molecule has 0 aliphatic carbocycles. The minimum Gasteiger partial charge on any atom is -0.465 e. The van der Waals surface area contributed by atoms with E-state index in [4.69, 9.17) is 16.3 Å². The highest BCUT2D eigenvalue weighted by Crippen LogP contribution is 2.17. The second-order valence-corrected chi connectivity index (χ2v) is 6.27. The maximum Gasteiger partial charge on any atom is 0.337 e. The highest BCUT2D eigenvalue weighted by molar-refractivity contribution is 6.30. The quantitative estimate of drug-likeness (QED) is 0.620. The summed E-state index contributed by atoms with van der Waals surface area (Å²) in [7, 11) is 3.33. The lowest BCUT2D eigenvalue weighted by Gasteiger charge is -2.15. The molecule has 0 aliphatic heterocycles. The van der Waals surface area contributed by atoms with Crippen molar-refractivity contribution in [1.82, 2.24) is 25.1 Å². The van der Waals surface area contributed by atoms with Crippen LogP contribution in [0.25, 0.3) is 11.4 Å². The number of carbonyl (C=O) groups excluding carboxylic acids is 1. The van der Waals surface area contributed by atoms with E-state index in [2.05, 4.69) is 15.4 Å². The number of aromatic nitrogens is 4. The number of nitrogens with zero attached hydrogens (tertiary/aromatic N) is 5. The monoisotopic (exact) mass is 371 g/mol. The van der Waals surface area contributed by atoms with Crippen molar-refractivity contribution in [3.05, 3.63) is 64.7 Å². The molecular weight excluding hydrogens is 354 g/mol. The highest BCUT2D eigenvalue weighted by Gasteiger charge is 2.09. The molecule has 3 rings (SSSR count). The number of methoxy groups -OCH3 is 1. The van der Waals surface area contributed by atoms with Crippen molar-refractivity contribution in [2.75, 3.05) is 14.2 Å². The summed E-state index contributed by atoms with van der Waals surface area (Å²) in [6, 6.07) is 14.6. The highest BCUT2D eigenvalue weighted by atomic mass is 35.5. The molecular formula is C18H18ClN5O2. The van der Waals surface area contributed by atoms with Gasteiger partial charge >= 0.3 is 5.97 Å². The number of halogens is 1. The first kappa shape index (κ1) is 18.0. The molecule has 1 aromatic heterocycles. The van der Waals surface area contributed by atoms with Gasteiger partial charge in [-0.05, 0) is 54.2 Å². The Bertz CT molecular complexity index is 877. The summed E-state index contributed by atoms with van der Waals surface area (Å²) in [6.45, 7) is 1.17. The first-order valence-electron chi connectivity index (χ1n) is 7.94. The first-order chi connectivity index (χ1) is 12.5. The predicted molar refractivity (Wildman–Crippen MR) is 97.5 cm³/mol. The number of rotatable bonds is 6. The number of benzene rings is 2. The third-order valence-corrected chi connectivity index (χ3v) is 4.00. The molecule has 3 aromatic rings. The second kappa shape index (κ2) is 8.07. The van der Waals surface area contributed by atoms with E-state index in [1.54, 1.807) is 24.3 Å². The molecule has 0 spiro atoms. The average molecular weight is 372 g/mol. The molecule has 0 unspecified atom stereocenters. The third kappa shape index (κ3) is 4.44. The lowest BCUT2D eigenvalue weighted by Crippen LogP contribution is -2.23. The Balaban J connectivity index is 1.60. The summed E-state index contributed by atoms with van der Waals surface area (Å²) >= 11 is 5.89. The van der Waals surface area contributed by atoms with Gasteiger partial charge in [0.2, 0.25) is 5.82 Å². The molecule has 7 nitrogen and oxygen atoms in total. The van der Waals surface area contributed by atoms with Crippen molar-refractivity contribution in [3.8, 4) is 11.4 Å². The largest absolute Gasteiger partial charge is 0.465 e. The number of tetrazole rings is 1. The number of ether oxygens (including phenoxy) is 1. The van der Waals surface area contributed by atoms with E-state index in [1.807, 2.05) is 36.2 Å². The molecule has 0 saturated heterocycles. The van der Waals surface area contributed by atoms with E-state index in [9.17, 15) is 4.79 Å². The molecule has 26 heavy (non-hydrogen) atoms. The van der Waals surface area contributed by atoms with Gasteiger partial charge in [-0.2, -0.15) is 0 Å². The van der Waals surface area contributed by atoms with E-state index >= 15 is 0 Å². The summed E-state index contributed by atoms with van der Waals surface area (Å²) < 4.78 is 4.70. The topological polar surface area (TPSA) is 73.1 Å². The molecule has 0 aliphatic rings. The van der Waals surface area contributed by atoms with Crippen molar-refractivity contribution in [2.45, 2.75) is 13.2 Å².